The first-order valence-electron chi connectivity index (χ1n) is 9.26. The van der Waals surface area contributed by atoms with Crippen molar-refractivity contribution in [2.75, 3.05) is 13.1 Å². The van der Waals surface area contributed by atoms with Crippen LogP contribution in [0.3, 0.4) is 0 Å². The molecule has 0 aromatic heterocycles. The molecule has 5 heteroatoms. The highest BCUT2D eigenvalue weighted by atomic mass is 19.1. The summed E-state index contributed by atoms with van der Waals surface area (Å²) in [5.41, 5.74) is 0.705. The Hall–Kier alpha value is -1.91. The average molecular weight is 344 g/mol. The maximum absolute atomic E-state index is 13.1. The summed E-state index contributed by atoms with van der Waals surface area (Å²) in [6.45, 7) is 4.06. The number of piperidine rings is 1. The predicted octanol–water partition coefficient (Wildman–Crippen LogP) is 3.11. The Morgan fingerprint density at radius 2 is 1.72 bits per heavy atom. The minimum atomic E-state index is -0.258. The molecular weight excluding hydrogens is 319 g/mol. The largest absolute Gasteiger partial charge is 0.342 e. The van der Waals surface area contributed by atoms with Gasteiger partial charge in [0.15, 0.2) is 0 Å². The highest BCUT2D eigenvalue weighted by molar-refractivity contribution is 5.85. The summed E-state index contributed by atoms with van der Waals surface area (Å²) in [7, 11) is 0. The van der Waals surface area contributed by atoms with E-state index in [1.807, 2.05) is 9.80 Å². The fraction of sp³-hybridized carbons (Fsp3) is 0.600. The van der Waals surface area contributed by atoms with Crippen LogP contribution in [0.5, 0.6) is 0 Å². The van der Waals surface area contributed by atoms with E-state index >= 15 is 0 Å². The number of carbonyl (C=O) groups is 2. The van der Waals surface area contributed by atoms with E-state index in [0.29, 0.717) is 13.0 Å². The Morgan fingerprint density at radius 1 is 1.08 bits per heavy atom. The van der Waals surface area contributed by atoms with Crippen molar-refractivity contribution in [1.29, 1.82) is 0 Å². The van der Waals surface area contributed by atoms with Gasteiger partial charge in [-0.1, -0.05) is 19.1 Å². The molecule has 3 fully saturated rings. The topological polar surface area (TPSA) is 40.6 Å². The van der Waals surface area contributed by atoms with Crippen LogP contribution < -0.4 is 0 Å². The molecule has 3 aliphatic rings. The molecule has 4 rings (SSSR count). The van der Waals surface area contributed by atoms with E-state index in [0.717, 1.165) is 50.8 Å². The monoisotopic (exact) mass is 344 g/mol. The number of hydrogen-bond donors (Lipinski definition) is 0. The van der Waals surface area contributed by atoms with Crippen LogP contribution in [0.1, 0.15) is 51.0 Å². The number of likely N-dealkylation sites (tertiary alicyclic amines) is 2. The summed E-state index contributed by atoms with van der Waals surface area (Å²) in [6, 6.07) is 6.39. The zero-order valence-electron chi connectivity index (χ0n) is 14.8. The minimum absolute atomic E-state index is 0.121. The lowest BCUT2D eigenvalue weighted by Gasteiger charge is -2.45. The Morgan fingerprint density at radius 3 is 2.32 bits per heavy atom. The van der Waals surface area contributed by atoms with Gasteiger partial charge in [0.05, 0.1) is 0 Å². The lowest BCUT2D eigenvalue weighted by atomic mass is 9.84. The van der Waals surface area contributed by atoms with Crippen LogP contribution in [0.15, 0.2) is 24.3 Å². The van der Waals surface area contributed by atoms with Gasteiger partial charge in [0.25, 0.3) is 0 Å². The highest BCUT2D eigenvalue weighted by Crippen LogP contribution is 2.48. The van der Waals surface area contributed by atoms with Gasteiger partial charge >= 0.3 is 0 Å². The van der Waals surface area contributed by atoms with E-state index in [9.17, 15) is 14.0 Å². The van der Waals surface area contributed by atoms with E-state index in [4.69, 9.17) is 0 Å². The molecule has 25 heavy (non-hydrogen) atoms. The van der Waals surface area contributed by atoms with Crippen molar-refractivity contribution in [2.45, 2.75) is 57.5 Å². The van der Waals surface area contributed by atoms with Crippen LogP contribution >= 0.6 is 0 Å². The van der Waals surface area contributed by atoms with E-state index in [-0.39, 0.29) is 28.6 Å². The van der Waals surface area contributed by atoms with Crippen LogP contribution in [0.2, 0.25) is 0 Å². The lowest BCUT2D eigenvalue weighted by molar-refractivity contribution is -0.140. The van der Waals surface area contributed by atoms with Crippen molar-refractivity contribution in [1.82, 2.24) is 9.80 Å². The van der Waals surface area contributed by atoms with E-state index in [2.05, 4.69) is 6.92 Å². The molecule has 1 aromatic carbocycles. The van der Waals surface area contributed by atoms with Gasteiger partial charge < -0.3 is 9.80 Å². The van der Waals surface area contributed by atoms with Gasteiger partial charge in [-0.05, 0) is 49.8 Å². The van der Waals surface area contributed by atoms with Gasteiger partial charge in [-0.15, -0.1) is 0 Å². The number of carbonyl (C=O) groups excluding carboxylic acids is 2. The molecule has 2 heterocycles. The Bertz CT molecular complexity index is 688. The minimum Gasteiger partial charge on any atom is -0.342 e. The maximum atomic E-state index is 13.1. The quantitative estimate of drug-likeness (QED) is 0.845. The number of nitrogens with zero attached hydrogens (tertiary/aromatic N) is 2. The van der Waals surface area contributed by atoms with Gasteiger partial charge in [-0.25, -0.2) is 4.39 Å². The molecule has 1 aliphatic carbocycles. The number of rotatable bonds is 3. The fourth-order valence-corrected chi connectivity index (χ4v) is 4.33. The molecule has 0 atom stereocenters. The van der Waals surface area contributed by atoms with Gasteiger partial charge in [-0.2, -0.15) is 0 Å². The summed E-state index contributed by atoms with van der Waals surface area (Å²) in [5, 5.41) is 0. The summed E-state index contributed by atoms with van der Waals surface area (Å²) in [6.07, 6.45) is 5.15. The Balaban J connectivity index is 1.46. The van der Waals surface area contributed by atoms with E-state index in [1.165, 1.54) is 12.1 Å². The normalized spacial score (nSPS) is 24.0. The number of amides is 2. The van der Waals surface area contributed by atoms with Crippen molar-refractivity contribution in [3.8, 4) is 0 Å². The van der Waals surface area contributed by atoms with Crippen LogP contribution in [-0.4, -0.2) is 40.2 Å². The zero-order valence-corrected chi connectivity index (χ0v) is 14.8. The third-order valence-corrected chi connectivity index (χ3v) is 6.43. The maximum Gasteiger partial charge on any atom is 0.228 e. The molecular formula is C20H25FN2O2. The molecule has 2 saturated heterocycles. The first kappa shape index (κ1) is 16.6. The fourth-order valence-electron chi connectivity index (χ4n) is 4.33. The smallest absolute Gasteiger partial charge is 0.228 e. The molecule has 1 spiro atoms. The number of benzene rings is 1. The second-order valence-electron chi connectivity index (χ2n) is 8.18. The SMILES string of the molecule is CC1(C(=O)N2CCC3(CCC(=O)N3Cc3ccc(F)cc3)CC2)CC1. The van der Waals surface area contributed by atoms with E-state index in [1.54, 1.807) is 12.1 Å². The first-order chi connectivity index (χ1) is 11.9. The second kappa shape index (κ2) is 5.82. The highest BCUT2D eigenvalue weighted by Gasteiger charge is 2.51. The summed E-state index contributed by atoms with van der Waals surface area (Å²) in [4.78, 5) is 29.0. The molecule has 0 unspecified atom stereocenters. The van der Waals surface area contributed by atoms with Crippen molar-refractivity contribution in [2.24, 2.45) is 5.41 Å². The van der Waals surface area contributed by atoms with Gasteiger partial charge in [0.1, 0.15) is 5.82 Å². The van der Waals surface area contributed by atoms with E-state index < -0.39 is 0 Å². The molecule has 1 saturated carbocycles. The predicted molar refractivity (Wildman–Crippen MR) is 92.1 cm³/mol. The third kappa shape index (κ3) is 2.94. The standard InChI is InChI=1S/C20H25FN2O2/c1-19(8-9-19)18(25)22-12-10-20(11-13-22)7-6-17(24)23(20)14-15-2-4-16(21)5-3-15/h2-5H,6-14H2,1H3. The number of hydrogen-bond acceptors (Lipinski definition) is 2. The van der Waals surface area contributed by atoms with Crippen molar-refractivity contribution in [3.05, 3.63) is 35.6 Å². The average Bonchev–Trinajstić information content (AvgIpc) is 3.31. The molecule has 0 radical (unpaired) electrons. The molecule has 0 N–H and O–H groups in total. The Kier molecular flexibility index (Phi) is 3.85. The summed E-state index contributed by atoms with van der Waals surface area (Å²) < 4.78 is 13.1. The first-order valence-corrected chi connectivity index (χ1v) is 9.26. The number of halogens is 1. The molecule has 2 amide bonds. The second-order valence-corrected chi connectivity index (χ2v) is 8.18. The van der Waals surface area contributed by atoms with Crippen LogP contribution in [0.4, 0.5) is 4.39 Å². The summed E-state index contributed by atoms with van der Waals surface area (Å²) >= 11 is 0. The van der Waals surface area contributed by atoms with Crippen molar-refractivity contribution < 1.29 is 14.0 Å². The van der Waals surface area contributed by atoms with Crippen molar-refractivity contribution in [3.63, 3.8) is 0 Å². The molecule has 1 aromatic rings. The molecule has 134 valence electrons. The van der Waals surface area contributed by atoms with Gasteiger partial charge in [-0.3, -0.25) is 9.59 Å². The lowest BCUT2D eigenvalue weighted by Crippen LogP contribution is -2.54. The Labute approximate surface area is 148 Å². The third-order valence-electron chi connectivity index (χ3n) is 6.43. The van der Waals surface area contributed by atoms with Crippen LogP contribution in [0.25, 0.3) is 0 Å². The van der Waals surface area contributed by atoms with Gasteiger partial charge in [0, 0.05) is 37.0 Å². The summed E-state index contributed by atoms with van der Waals surface area (Å²) in [5.74, 6) is 0.210. The van der Waals surface area contributed by atoms with Crippen LogP contribution in [0, 0.1) is 11.2 Å². The van der Waals surface area contributed by atoms with Crippen LogP contribution in [-0.2, 0) is 16.1 Å². The van der Waals surface area contributed by atoms with Gasteiger partial charge in [0.2, 0.25) is 11.8 Å². The molecule has 2 aliphatic heterocycles. The zero-order chi connectivity index (χ0) is 17.7. The molecule has 4 nitrogen and oxygen atoms in total. The molecule has 0 bridgehead atoms. The van der Waals surface area contributed by atoms with Crippen molar-refractivity contribution >= 4 is 11.8 Å².